The number of rotatable bonds is 2. The summed E-state index contributed by atoms with van der Waals surface area (Å²) in [6.07, 6.45) is 0.0833. The summed E-state index contributed by atoms with van der Waals surface area (Å²) in [5.41, 5.74) is 6.45. The Labute approximate surface area is 197 Å². The molecule has 2 heterocycles. The van der Waals surface area contributed by atoms with E-state index in [4.69, 9.17) is 0 Å². The smallest absolute Gasteiger partial charge is 0.137 e. The summed E-state index contributed by atoms with van der Waals surface area (Å²) in [4.78, 5) is 24.6. The second-order valence-electron chi connectivity index (χ2n) is 8.58. The number of benzene rings is 3. The maximum absolute atomic E-state index is 10.0. The second-order valence-corrected chi connectivity index (χ2v) is 8.58. The Morgan fingerprint density at radius 2 is 1.71 bits per heavy atom. The number of nitrogens with zero attached hydrogens (tertiary/aromatic N) is 2. The number of Topliss-reactive ketones (excluding diaryl/α,β-unsaturated/α-hetero) is 2. The van der Waals surface area contributed by atoms with Gasteiger partial charge in [0.2, 0.25) is 0 Å². The average Bonchev–Trinajstić information content (AvgIpc) is 3.02. The van der Waals surface area contributed by atoms with E-state index in [2.05, 4.69) is 92.0 Å². The van der Waals surface area contributed by atoms with Gasteiger partial charge in [-0.1, -0.05) is 49.9 Å². The minimum absolute atomic E-state index is 0. The minimum atomic E-state index is -0.0625. The molecule has 0 atom stereocenters. The van der Waals surface area contributed by atoms with Gasteiger partial charge in [-0.2, -0.15) is 18.8 Å². The van der Waals surface area contributed by atoms with Crippen molar-refractivity contribution in [1.82, 2.24) is 0 Å². The fourth-order valence-electron chi connectivity index (χ4n) is 4.54. The number of hydrogen-bond donors (Lipinski definition) is 0. The van der Waals surface area contributed by atoms with Crippen molar-refractivity contribution in [1.29, 1.82) is 0 Å². The van der Waals surface area contributed by atoms with Crippen LogP contribution in [0.4, 0.5) is 17.1 Å². The van der Waals surface area contributed by atoms with Crippen LogP contribution in [-0.2, 0) is 35.1 Å². The first-order chi connectivity index (χ1) is 14.2. The molecule has 3 aromatic carbocycles. The van der Waals surface area contributed by atoms with E-state index in [-0.39, 0.29) is 43.5 Å². The summed E-state index contributed by atoms with van der Waals surface area (Å²) in [7, 11) is 2.11. The summed E-state index contributed by atoms with van der Waals surface area (Å²) in [6.45, 7) is 9.64. The predicted molar refractivity (Wildman–Crippen MR) is 122 cm³/mol. The second kappa shape index (κ2) is 8.56. The predicted octanol–water partition coefficient (Wildman–Crippen LogP) is 5.54. The Balaban J connectivity index is 0.000000299. The molecule has 0 aliphatic carbocycles. The topological polar surface area (TPSA) is 40.6 Å². The molecule has 0 saturated carbocycles. The van der Waals surface area contributed by atoms with E-state index in [0.717, 1.165) is 0 Å². The van der Waals surface area contributed by atoms with Crippen LogP contribution < -0.4 is 9.80 Å². The van der Waals surface area contributed by atoms with Gasteiger partial charge in [0.1, 0.15) is 11.6 Å². The fourth-order valence-corrected chi connectivity index (χ4v) is 4.54. The Kier molecular flexibility index (Phi) is 6.40. The number of hydrogen-bond acceptors (Lipinski definition) is 4. The van der Waals surface area contributed by atoms with Crippen LogP contribution in [0.2, 0.25) is 0 Å². The molecule has 0 N–H and O–H groups in total. The number of carbonyl (C=O) groups is 2. The molecule has 0 aromatic heterocycles. The summed E-state index contributed by atoms with van der Waals surface area (Å²) >= 11 is 0. The standard InChI is InChI=1S/C21H18N2.C5H8O2.Ir/c1-21(2)16-9-6-10-18-20(16)23(13-22(18)3)17-12-11-14-7-4-5-8-15(14)19(17)21;1-4(6)3-5(2)7;/h4-11,13H,1-3H3;3H2,1-2H3;/q-2;;. The minimum Gasteiger partial charge on any atom is -0.504 e. The third kappa shape index (κ3) is 3.93. The largest absolute Gasteiger partial charge is 0.504 e. The van der Waals surface area contributed by atoms with Gasteiger partial charge in [0, 0.05) is 31.5 Å². The quantitative estimate of drug-likeness (QED) is 0.291. The summed E-state index contributed by atoms with van der Waals surface area (Å²) < 4.78 is 0. The van der Waals surface area contributed by atoms with Gasteiger partial charge >= 0.3 is 0 Å². The first kappa shape index (κ1) is 23.2. The normalized spacial score (nSPS) is 14.7. The Morgan fingerprint density at radius 3 is 2.35 bits per heavy atom. The van der Waals surface area contributed by atoms with Gasteiger partial charge in [-0.3, -0.25) is 9.59 Å². The van der Waals surface area contributed by atoms with E-state index in [0.29, 0.717) is 0 Å². The molecule has 0 fully saturated rings. The number of carbonyl (C=O) groups excluding carboxylic acids is 2. The molecule has 0 unspecified atom stereocenters. The zero-order chi connectivity index (χ0) is 21.6. The first-order valence-electron chi connectivity index (χ1n) is 10.1. The maximum Gasteiger partial charge on any atom is 0.137 e. The summed E-state index contributed by atoms with van der Waals surface area (Å²) in [5.74, 6) is -0.125. The molecule has 0 spiro atoms. The third-order valence-corrected chi connectivity index (χ3v) is 5.79. The van der Waals surface area contributed by atoms with E-state index < -0.39 is 0 Å². The van der Waals surface area contributed by atoms with Gasteiger partial charge in [-0.15, -0.1) is 22.4 Å². The molecule has 4 nitrogen and oxygen atoms in total. The van der Waals surface area contributed by atoms with Crippen molar-refractivity contribution < 1.29 is 29.7 Å². The van der Waals surface area contributed by atoms with Crippen LogP contribution in [0.5, 0.6) is 0 Å². The van der Waals surface area contributed by atoms with Gasteiger partial charge in [-0.05, 0) is 37.9 Å². The molecular formula is C26H26IrN2O2-2. The van der Waals surface area contributed by atoms with Crippen LogP contribution in [0.15, 0.2) is 48.5 Å². The molecule has 2 aliphatic rings. The van der Waals surface area contributed by atoms with Crippen molar-refractivity contribution in [3.63, 3.8) is 0 Å². The van der Waals surface area contributed by atoms with Crippen molar-refractivity contribution in [3.05, 3.63) is 72.4 Å². The van der Waals surface area contributed by atoms with Crippen LogP contribution in [0, 0.1) is 12.7 Å². The molecule has 5 heteroatoms. The number of para-hydroxylation sites is 1. The van der Waals surface area contributed by atoms with Gasteiger partial charge in [0.05, 0.1) is 6.42 Å². The van der Waals surface area contributed by atoms with Crippen LogP contribution in [0.3, 0.4) is 0 Å². The van der Waals surface area contributed by atoms with E-state index in [1.807, 2.05) is 0 Å². The summed E-state index contributed by atoms with van der Waals surface area (Å²) in [6, 6.07) is 20.9. The van der Waals surface area contributed by atoms with Gasteiger partial charge < -0.3 is 9.80 Å². The number of anilines is 3. The average molecular weight is 591 g/mol. The van der Waals surface area contributed by atoms with Gasteiger partial charge in [-0.25, -0.2) is 0 Å². The zero-order valence-corrected chi connectivity index (χ0v) is 20.8. The van der Waals surface area contributed by atoms with Crippen molar-refractivity contribution in [3.8, 4) is 0 Å². The molecule has 3 aromatic rings. The van der Waals surface area contributed by atoms with Crippen LogP contribution in [0.1, 0.15) is 45.2 Å². The third-order valence-electron chi connectivity index (χ3n) is 5.79. The van der Waals surface area contributed by atoms with Crippen LogP contribution in [-0.4, -0.2) is 18.6 Å². The summed E-state index contributed by atoms with van der Waals surface area (Å²) in [5, 5.41) is 2.58. The van der Waals surface area contributed by atoms with Crippen molar-refractivity contribution >= 4 is 39.4 Å². The van der Waals surface area contributed by atoms with Crippen molar-refractivity contribution in [2.24, 2.45) is 0 Å². The Hall–Kier alpha value is -2.49. The van der Waals surface area contributed by atoms with E-state index in [9.17, 15) is 9.59 Å². The first-order valence-corrected chi connectivity index (χ1v) is 10.1. The molecular weight excluding hydrogens is 565 g/mol. The van der Waals surface area contributed by atoms with E-state index >= 15 is 0 Å². The van der Waals surface area contributed by atoms with Crippen LogP contribution in [0.25, 0.3) is 10.8 Å². The SMILES string of the molecule is CC(=O)CC(C)=O.CN1[CH-]N2c3[c-]cc4ccccc4c3C(C)(C)c3cccc1c32.[Ir]. The van der Waals surface area contributed by atoms with Crippen LogP contribution >= 0.6 is 0 Å². The molecule has 1 radical (unpaired) electrons. The number of ketones is 2. The maximum atomic E-state index is 10.0. The number of fused-ring (bicyclic) bond motifs is 4. The molecule has 0 bridgehead atoms. The zero-order valence-electron chi connectivity index (χ0n) is 18.4. The van der Waals surface area contributed by atoms with E-state index in [1.165, 1.54) is 52.8 Å². The molecule has 0 saturated heterocycles. The molecule has 31 heavy (non-hydrogen) atoms. The van der Waals surface area contributed by atoms with Crippen molar-refractivity contribution in [2.75, 3.05) is 16.8 Å². The van der Waals surface area contributed by atoms with Gasteiger partial charge in [0.25, 0.3) is 0 Å². The van der Waals surface area contributed by atoms with E-state index in [1.54, 1.807) is 0 Å². The molecule has 163 valence electrons. The monoisotopic (exact) mass is 591 g/mol. The Bertz CT molecular complexity index is 1160. The fraction of sp³-hybridized carbons (Fsp3) is 0.269. The van der Waals surface area contributed by atoms with Crippen molar-refractivity contribution in [2.45, 2.75) is 39.5 Å². The molecule has 2 aliphatic heterocycles. The molecule has 0 amide bonds. The van der Waals surface area contributed by atoms with Gasteiger partial charge in [0.15, 0.2) is 0 Å². The molecule has 5 rings (SSSR count). The Morgan fingerprint density at radius 1 is 1.03 bits per heavy atom.